The van der Waals surface area contributed by atoms with Crippen molar-refractivity contribution in [3.05, 3.63) is 56.4 Å². The first-order valence-corrected chi connectivity index (χ1v) is 10.3. The monoisotopic (exact) mass is 401 g/mol. The lowest BCUT2D eigenvalue weighted by molar-refractivity contribution is -0.384. The number of nitrogens with one attached hydrogen (secondary N) is 1. The van der Waals surface area contributed by atoms with E-state index in [9.17, 15) is 18.5 Å². The van der Waals surface area contributed by atoms with Crippen molar-refractivity contribution in [3.8, 4) is 0 Å². The number of thiophene rings is 1. The molecule has 1 aliphatic heterocycles. The van der Waals surface area contributed by atoms with E-state index in [1.165, 1.54) is 5.56 Å². The molecule has 0 aliphatic carbocycles. The number of likely N-dealkylation sites (tertiary alicyclic amines) is 1. The molecule has 1 aliphatic rings. The van der Waals surface area contributed by atoms with Crippen molar-refractivity contribution in [1.29, 1.82) is 0 Å². The highest BCUT2D eigenvalue weighted by Crippen LogP contribution is 2.36. The second-order valence-electron chi connectivity index (χ2n) is 5.81. The zero-order valence-electron chi connectivity index (χ0n) is 13.1. The van der Waals surface area contributed by atoms with Crippen molar-refractivity contribution in [3.63, 3.8) is 0 Å². The summed E-state index contributed by atoms with van der Waals surface area (Å²) in [6.45, 7) is 2.14. The molecule has 1 unspecified atom stereocenters. The lowest BCUT2D eigenvalue weighted by Gasteiger charge is -2.16. The average Bonchev–Trinajstić information content (AvgIpc) is 3.15. The van der Waals surface area contributed by atoms with Gasteiger partial charge in [0.2, 0.25) is 0 Å². The summed E-state index contributed by atoms with van der Waals surface area (Å²) >= 11 is 6.45. The van der Waals surface area contributed by atoms with Crippen molar-refractivity contribution in [2.75, 3.05) is 13.1 Å². The molecule has 0 amide bonds. The van der Waals surface area contributed by atoms with Gasteiger partial charge in [0, 0.05) is 31.7 Å². The lowest BCUT2D eigenvalue weighted by Crippen LogP contribution is -2.36. The predicted octanol–water partition coefficient (Wildman–Crippen LogP) is 2.86. The molecule has 1 atom stereocenters. The van der Waals surface area contributed by atoms with E-state index in [4.69, 9.17) is 11.6 Å². The number of halogens is 1. The Labute approximate surface area is 154 Å². The van der Waals surface area contributed by atoms with Crippen LogP contribution in [0.1, 0.15) is 12.0 Å². The van der Waals surface area contributed by atoms with Crippen molar-refractivity contribution in [2.45, 2.75) is 23.2 Å². The summed E-state index contributed by atoms with van der Waals surface area (Å²) in [7, 11) is -3.82. The van der Waals surface area contributed by atoms with E-state index >= 15 is 0 Å². The van der Waals surface area contributed by atoms with Crippen molar-refractivity contribution in [2.24, 2.45) is 0 Å². The van der Waals surface area contributed by atoms with Gasteiger partial charge in [-0.05, 0) is 12.0 Å². The molecule has 0 saturated carbocycles. The van der Waals surface area contributed by atoms with Gasteiger partial charge in [0.05, 0.1) is 4.92 Å². The predicted molar refractivity (Wildman–Crippen MR) is 96.4 cm³/mol. The van der Waals surface area contributed by atoms with Crippen molar-refractivity contribution < 1.29 is 13.3 Å². The van der Waals surface area contributed by atoms with Crippen LogP contribution in [0.5, 0.6) is 0 Å². The third-order valence-electron chi connectivity index (χ3n) is 3.95. The molecule has 134 valence electrons. The Kier molecular flexibility index (Phi) is 5.40. The molecule has 25 heavy (non-hydrogen) atoms. The minimum absolute atomic E-state index is 0.134. The van der Waals surface area contributed by atoms with Gasteiger partial charge < -0.3 is 0 Å². The zero-order valence-corrected chi connectivity index (χ0v) is 15.5. The van der Waals surface area contributed by atoms with Crippen LogP contribution >= 0.6 is 22.9 Å². The SMILES string of the molecule is O=[N+]([O-])c1cc(S(=O)(=O)NC2CCN(Cc3ccccc3)C2)sc1Cl. The highest BCUT2D eigenvalue weighted by molar-refractivity contribution is 7.91. The lowest BCUT2D eigenvalue weighted by atomic mass is 10.2. The van der Waals surface area contributed by atoms with Crippen LogP contribution in [0.3, 0.4) is 0 Å². The quantitative estimate of drug-likeness (QED) is 0.593. The molecular weight excluding hydrogens is 386 g/mol. The topological polar surface area (TPSA) is 92.5 Å². The van der Waals surface area contributed by atoms with Crippen LogP contribution < -0.4 is 4.72 Å². The van der Waals surface area contributed by atoms with Gasteiger partial charge in [-0.3, -0.25) is 15.0 Å². The first-order chi connectivity index (χ1) is 11.8. The van der Waals surface area contributed by atoms with E-state index in [-0.39, 0.29) is 20.3 Å². The molecule has 7 nitrogen and oxygen atoms in total. The summed E-state index contributed by atoms with van der Waals surface area (Å²) in [5.41, 5.74) is 0.788. The van der Waals surface area contributed by atoms with E-state index in [2.05, 4.69) is 9.62 Å². The Bertz CT molecular complexity index is 870. The molecule has 0 bridgehead atoms. The molecule has 0 radical (unpaired) electrons. The summed E-state index contributed by atoms with van der Waals surface area (Å²) in [6, 6.07) is 10.7. The highest BCUT2D eigenvalue weighted by Gasteiger charge is 2.30. The van der Waals surface area contributed by atoms with Crippen LogP contribution in [0.4, 0.5) is 5.69 Å². The molecule has 10 heteroatoms. The van der Waals surface area contributed by atoms with Gasteiger partial charge in [0.25, 0.3) is 15.7 Å². The minimum Gasteiger partial charge on any atom is -0.297 e. The Morgan fingerprint density at radius 2 is 2.08 bits per heavy atom. The zero-order chi connectivity index (χ0) is 18.0. The summed E-state index contributed by atoms with van der Waals surface area (Å²) in [5, 5.41) is 10.8. The fourth-order valence-electron chi connectivity index (χ4n) is 2.79. The smallest absolute Gasteiger partial charge is 0.297 e. The number of hydrogen-bond acceptors (Lipinski definition) is 6. The molecule has 0 spiro atoms. The molecule has 1 N–H and O–H groups in total. The molecule has 1 saturated heterocycles. The third kappa shape index (κ3) is 4.36. The second-order valence-corrected chi connectivity index (χ2v) is 9.40. The molecule has 2 aromatic rings. The largest absolute Gasteiger partial charge is 0.300 e. The maximum Gasteiger partial charge on any atom is 0.300 e. The summed E-state index contributed by atoms with van der Waals surface area (Å²) in [6.07, 6.45) is 0.688. The van der Waals surface area contributed by atoms with Crippen LogP contribution in [0, 0.1) is 10.1 Å². The fourth-order valence-corrected chi connectivity index (χ4v) is 5.73. The minimum atomic E-state index is -3.82. The second kappa shape index (κ2) is 7.38. The first-order valence-electron chi connectivity index (χ1n) is 7.57. The van der Waals surface area contributed by atoms with Crippen molar-refractivity contribution >= 4 is 38.6 Å². The summed E-state index contributed by atoms with van der Waals surface area (Å²) < 4.78 is 27.2. The maximum atomic E-state index is 12.4. The maximum absolute atomic E-state index is 12.4. The van der Waals surface area contributed by atoms with E-state index in [1.54, 1.807) is 0 Å². The van der Waals surface area contributed by atoms with Gasteiger partial charge in [-0.1, -0.05) is 41.9 Å². The molecule has 2 heterocycles. The van der Waals surface area contributed by atoms with Crippen molar-refractivity contribution in [1.82, 2.24) is 9.62 Å². The van der Waals surface area contributed by atoms with E-state index in [1.807, 2.05) is 30.3 Å². The van der Waals surface area contributed by atoms with Crippen LogP contribution in [0.2, 0.25) is 4.34 Å². The van der Waals surface area contributed by atoms with Gasteiger partial charge in [-0.2, -0.15) is 0 Å². The standard InChI is InChI=1S/C15H16ClN3O4S2/c16-15-13(19(20)21)8-14(24-15)25(22,23)17-12-6-7-18(10-12)9-11-4-2-1-3-5-11/h1-5,8,12,17H,6-7,9-10H2. The van der Waals surface area contributed by atoms with Gasteiger partial charge in [-0.15, -0.1) is 11.3 Å². The van der Waals surface area contributed by atoms with E-state index in [0.29, 0.717) is 24.3 Å². The summed E-state index contributed by atoms with van der Waals surface area (Å²) in [4.78, 5) is 12.3. The first kappa shape index (κ1) is 18.3. The molecule has 1 fully saturated rings. The number of hydrogen-bond donors (Lipinski definition) is 1. The number of rotatable bonds is 6. The van der Waals surface area contributed by atoms with Gasteiger partial charge in [0.15, 0.2) is 4.34 Å². The van der Waals surface area contributed by atoms with E-state index in [0.717, 1.165) is 19.2 Å². The summed E-state index contributed by atoms with van der Waals surface area (Å²) in [5.74, 6) is 0. The molecule has 1 aromatic carbocycles. The number of benzene rings is 1. The van der Waals surface area contributed by atoms with Crippen LogP contribution in [0.15, 0.2) is 40.6 Å². The molecular formula is C15H16ClN3O4S2. The van der Waals surface area contributed by atoms with Gasteiger partial charge >= 0.3 is 0 Å². The van der Waals surface area contributed by atoms with Crippen LogP contribution in [0.25, 0.3) is 0 Å². The Hall–Kier alpha value is -1.52. The van der Waals surface area contributed by atoms with E-state index < -0.39 is 14.9 Å². The highest BCUT2D eigenvalue weighted by atomic mass is 35.5. The number of sulfonamides is 1. The normalized spacial score (nSPS) is 18.5. The molecule has 1 aromatic heterocycles. The Morgan fingerprint density at radius 1 is 1.36 bits per heavy atom. The van der Waals surface area contributed by atoms with Gasteiger partial charge in [0.1, 0.15) is 4.21 Å². The molecule has 3 rings (SSSR count). The Morgan fingerprint density at radius 3 is 2.72 bits per heavy atom. The van der Waals surface area contributed by atoms with Crippen LogP contribution in [-0.4, -0.2) is 37.4 Å². The number of nitrogens with zero attached hydrogens (tertiary/aromatic N) is 2. The van der Waals surface area contributed by atoms with Gasteiger partial charge in [-0.25, -0.2) is 13.1 Å². The third-order valence-corrected chi connectivity index (χ3v) is 7.28. The number of nitro groups is 1. The average molecular weight is 402 g/mol. The fraction of sp³-hybridized carbons (Fsp3) is 0.333. The van der Waals surface area contributed by atoms with Crippen LogP contribution in [-0.2, 0) is 16.6 Å². The Balaban J connectivity index is 1.64.